The van der Waals surface area contributed by atoms with Crippen molar-refractivity contribution in [3.05, 3.63) is 84.6 Å². The summed E-state index contributed by atoms with van der Waals surface area (Å²) in [6.45, 7) is 11.4. The predicted molar refractivity (Wildman–Crippen MR) is 118 cm³/mol. The van der Waals surface area contributed by atoms with Crippen molar-refractivity contribution in [2.45, 2.75) is 39.2 Å². The Morgan fingerprint density at radius 2 is 1.62 bits per heavy atom. The van der Waals surface area contributed by atoms with Crippen molar-refractivity contribution < 1.29 is 14.6 Å². The molecule has 0 saturated heterocycles. The van der Waals surface area contributed by atoms with Crippen molar-refractivity contribution in [3.8, 4) is 11.5 Å². The first-order valence-corrected chi connectivity index (χ1v) is 9.68. The first-order valence-electron chi connectivity index (χ1n) is 9.68. The molecule has 1 unspecified atom stereocenters. The molecule has 0 spiro atoms. The van der Waals surface area contributed by atoms with Crippen molar-refractivity contribution >= 4 is 17.6 Å². The van der Waals surface area contributed by atoms with Gasteiger partial charge in [-0.15, -0.1) is 5.73 Å². The molecule has 0 heterocycles. The molecule has 0 N–H and O–H groups in total. The molecule has 0 bridgehead atoms. The first kappa shape index (κ1) is 21.9. The Kier molecular flexibility index (Phi) is 8.68. The van der Waals surface area contributed by atoms with Gasteiger partial charge in [-0.2, -0.15) is 0 Å². The van der Waals surface area contributed by atoms with Gasteiger partial charge in [0.05, 0.1) is 0 Å². The van der Waals surface area contributed by atoms with E-state index in [2.05, 4.69) is 30.8 Å². The molecule has 2 aromatic carbocycles. The van der Waals surface area contributed by atoms with Gasteiger partial charge in [0.1, 0.15) is 12.3 Å². The predicted octanol–water partition coefficient (Wildman–Crippen LogP) is 5.98. The molecule has 0 aliphatic carbocycles. The summed E-state index contributed by atoms with van der Waals surface area (Å²) in [6.07, 6.45) is 5.44. The second-order valence-corrected chi connectivity index (χ2v) is 6.57. The lowest BCUT2D eigenvalue weighted by molar-refractivity contribution is -0.108. The van der Waals surface area contributed by atoms with Gasteiger partial charge in [0, 0.05) is 11.3 Å². The van der Waals surface area contributed by atoms with Crippen LogP contribution in [0.4, 0.5) is 0 Å². The monoisotopic (exact) mass is 389 g/mol. The van der Waals surface area contributed by atoms with Gasteiger partial charge in [-0.25, -0.2) is 0 Å². The summed E-state index contributed by atoms with van der Waals surface area (Å²) in [5.41, 5.74) is 6.39. The third-order valence-electron chi connectivity index (χ3n) is 4.44. The highest BCUT2D eigenvalue weighted by Gasteiger charge is 2.07. The number of allylic oxidation sites excluding steroid dienone is 2. The normalized spacial score (nSPS) is 11.9. The Hall–Kier alpha value is -3.36. The summed E-state index contributed by atoms with van der Waals surface area (Å²) in [6, 6.07) is 14.5. The van der Waals surface area contributed by atoms with Crippen LogP contribution in [-0.2, 0) is 4.79 Å². The zero-order chi connectivity index (χ0) is 21.1. The van der Waals surface area contributed by atoms with Crippen molar-refractivity contribution in [1.82, 2.24) is 0 Å². The zero-order valence-electron chi connectivity index (χ0n) is 17.1. The number of unbranched alkanes of at least 4 members (excludes halogenated alkanes) is 1. The molecule has 29 heavy (non-hydrogen) atoms. The number of nitrogens with zero attached hydrogens (tertiary/aromatic N) is 1. The average molecular weight is 389 g/mol. The van der Waals surface area contributed by atoms with Gasteiger partial charge in [0.25, 0.3) is 0 Å². The lowest BCUT2D eigenvalue weighted by Gasteiger charge is -2.09. The Bertz CT molecular complexity index is 889. The molecule has 0 aliphatic rings. The SMILES string of the molecule is C=C=C(C=C)c1ccc(OOc2ccc(C(C)=NC(C=O)CCCC)cc2)cc1. The summed E-state index contributed by atoms with van der Waals surface area (Å²) in [7, 11) is 0. The molecule has 0 aromatic heterocycles. The van der Waals surface area contributed by atoms with Crippen LogP contribution in [0.2, 0.25) is 0 Å². The molecule has 0 amide bonds. The standard InChI is InChI=1S/C25H27NO3/c1-5-8-9-23(18-27)26-19(4)21-10-14-24(15-11-21)28-29-25-16-12-22(13-17-25)20(6-2)7-3/h6,10-18,23H,2-3,5,8-9H2,1,4H3. The highest BCUT2D eigenvalue weighted by atomic mass is 17.2. The van der Waals surface area contributed by atoms with Crippen LogP contribution in [0.1, 0.15) is 44.2 Å². The van der Waals surface area contributed by atoms with E-state index >= 15 is 0 Å². The fraction of sp³-hybridized carbons (Fsp3) is 0.240. The van der Waals surface area contributed by atoms with Crippen LogP contribution in [0.3, 0.4) is 0 Å². The molecule has 2 rings (SSSR count). The molecule has 0 fully saturated rings. The lowest BCUT2D eigenvalue weighted by atomic mass is 10.1. The average Bonchev–Trinajstić information content (AvgIpc) is 2.77. The van der Waals surface area contributed by atoms with E-state index < -0.39 is 0 Å². The largest absolute Gasteiger partial charge is 0.301 e. The van der Waals surface area contributed by atoms with Crippen LogP contribution in [0, 0.1) is 0 Å². The van der Waals surface area contributed by atoms with Crippen molar-refractivity contribution in [1.29, 1.82) is 0 Å². The fourth-order valence-corrected chi connectivity index (χ4v) is 2.73. The number of carbonyl (C=O) groups excluding carboxylic acids is 1. The van der Waals surface area contributed by atoms with Gasteiger partial charge < -0.3 is 4.79 Å². The van der Waals surface area contributed by atoms with E-state index in [1.165, 1.54) is 0 Å². The third-order valence-corrected chi connectivity index (χ3v) is 4.44. The van der Waals surface area contributed by atoms with Gasteiger partial charge in [0.2, 0.25) is 0 Å². The Morgan fingerprint density at radius 3 is 2.07 bits per heavy atom. The summed E-state index contributed by atoms with van der Waals surface area (Å²) >= 11 is 0. The van der Waals surface area contributed by atoms with Crippen LogP contribution >= 0.6 is 0 Å². The van der Waals surface area contributed by atoms with Gasteiger partial charge >= 0.3 is 0 Å². The maximum Gasteiger partial charge on any atom is 0.178 e. The highest BCUT2D eigenvalue weighted by Crippen LogP contribution is 2.20. The van der Waals surface area contributed by atoms with E-state index in [1.807, 2.05) is 31.2 Å². The van der Waals surface area contributed by atoms with E-state index in [9.17, 15) is 4.79 Å². The topological polar surface area (TPSA) is 47.9 Å². The minimum absolute atomic E-state index is 0.283. The minimum atomic E-state index is -0.283. The lowest BCUT2D eigenvalue weighted by Crippen LogP contribution is -2.10. The molecule has 4 nitrogen and oxygen atoms in total. The van der Waals surface area contributed by atoms with Crippen LogP contribution in [-0.4, -0.2) is 18.0 Å². The fourth-order valence-electron chi connectivity index (χ4n) is 2.73. The van der Waals surface area contributed by atoms with Crippen molar-refractivity contribution in [3.63, 3.8) is 0 Å². The molecule has 0 saturated carbocycles. The van der Waals surface area contributed by atoms with E-state index in [4.69, 9.17) is 9.78 Å². The van der Waals surface area contributed by atoms with E-state index in [0.29, 0.717) is 11.5 Å². The molecule has 150 valence electrons. The number of carbonyl (C=O) groups is 1. The molecule has 2 aromatic rings. The number of rotatable bonds is 11. The van der Waals surface area contributed by atoms with Crippen LogP contribution in [0.25, 0.3) is 5.57 Å². The second-order valence-electron chi connectivity index (χ2n) is 6.57. The zero-order valence-corrected chi connectivity index (χ0v) is 17.1. The molecule has 0 radical (unpaired) electrons. The molecule has 4 heteroatoms. The van der Waals surface area contributed by atoms with E-state index in [0.717, 1.165) is 48.0 Å². The van der Waals surface area contributed by atoms with Gasteiger partial charge in [-0.05, 0) is 73.0 Å². The number of benzene rings is 2. The third kappa shape index (κ3) is 6.63. The van der Waals surface area contributed by atoms with Crippen LogP contribution in [0.5, 0.6) is 11.5 Å². The first-order chi connectivity index (χ1) is 14.1. The second kappa shape index (κ2) is 11.5. The van der Waals surface area contributed by atoms with Crippen molar-refractivity contribution in [2.24, 2.45) is 4.99 Å². The molecular formula is C25H27NO3. The summed E-state index contributed by atoms with van der Waals surface area (Å²) in [5.74, 6) is 1.15. The molecule has 1 atom stereocenters. The summed E-state index contributed by atoms with van der Waals surface area (Å²) < 4.78 is 0. The van der Waals surface area contributed by atoms with Crippen LogP contribution < -0.4 is 9.78 Å². The maximum atomic E-state index is 11.2. The smallest absolute Gasteiger partial charge is 0.178 e. The van der Waals surface area contributed by atoms with Gasteiger partial charge in [-0.3, -0.25) is 14.8 Å². The van der Waals surface area contributed by atoms with Gasteiger partial charge in [-0.1, -0.05) is 39.0 Å². The Balaban J connectivity index is 1.97. The van der Waals surface area contributed by atoms with E-state index in [1.54, 1.807) is 30.3 Å². The van der Waals surface area contributed by atoms with Crippen LogP contribution in [0.15, 0.2) is 78.5 Å². The number of aldehydes is 1. The minimum Gasteiger partial charge on any atom is -0.301 e. The molecular weight excluding hydrogens is 362 g/mol. The van der Waals surface area contributed by atoms with Crippen molar-refractivity contribution in [2.75, 3.05) is 0 Å². The Labute approximate surface area is 172 Å². The summed E-state index contributed by atoms with van der Waals surface area (Å²) in [4.78, 5) is 26.5. The highest BCUT2D eigenvalue weighted by molar-refractivity contribution is 5.99. The summed E-state index contributed by atoms with van der Waals surface area (Å²) in [5, 5.41) is 0. The quantitative estimate of drug-likeness (QED) is 0.119. The van der Waals surface area contributed by atoms with E-state index in [-0.39, 0.29) is 6.04 Å². The van der Waals surface area contributed by atoms with Gasteiger partial charge in [0.15, 0.2) is 11.5 Å². The number of aliphatic imine (C=N–C) groups is 1. The number of hydrogen-bond acceptors (Lipinski definition) is 4. The Morgan fingerprint density at radius 1 is 1.07 bits per heavy atom. The number of hydrogen-bond donors (Lipinski definition) is 0. The maximum absolute atomic E-state index is 11.2. The molecule has 0 aliphatic heterocycles.